The quantitative estimate of drug-likeness (QED) is 0.591. The number of ether oxygens (including phenoxy) is 1. The summed E-state index contributed by atoms with van der Waals surface area (Å²) in [6, 6.07) is 0.255. The highest BCUT2D eigenvalue weighted by Crippen LogP contribution is 2.28. The van der Waals surface area contributed by atoms with Crippen LogP contribution in [-0.4, -0.2) is 49.0 Å². The van der Waals surface area contributed by atoms with E-state index in [9.17, 15) is 5.11 Å². The van der Waals surface area contributed by atoms with Crippen LogP contribution in [0.4, 0.5) is 0 Å². The average molecular weight is 169 g/mol. The molecule has 0 amide bonds. The Hall–Kier alpha value is -0.380. The summed E-state index contributed by atoms with van der Waals surface area (Å²) in [5, 5.41) is 9.66. The normalized spacial score (nSPS) is 35.3. The first-order valence-corrected chi connectivity index (χ1v) is 4.43. The van der Waals surface area contributed by atoms with Crippen molar-refractivity contribution in [3.05, 3.63) is 11.6 Å². The van der Waals surface area contributed by atoms with Gasteiger partial charge in [-0.2, -0.15) is 0 Å². The van der Waals surface area contributed by atoms with Crippen LogP contribution in [0.2, 0.25) is 0 Å². The molecule has 12 heavy (non-hydrogen) atoms. The zero-order valence-electron chi connectivity index (χ0n) is 7.36. The van der Waals surface area contributed by atoms with Gasteiger partial charge < -0.3 is 9.84 Å². The summed E-state index contributed by atoms with van der Waals surface area (Å²) in [7, 11) is 1.70. The van der Waals surface area contributed by atoms with Crippen LogP contribution in [0.5, 0.6) is 0 Å². The minimum Gasteiger partial charge on any atom is -0.391 e. The summed E-state index contributed by atoms with van der Waals surface area (Å²) >= 11 is 0. The molecule has 3 nitrogen and oxygen atoms in total. The molecule has 0 aromatic carbocycles. The van der Waals surface area contributed by atoms with Crippen LogP contribution in [0.15, 0.2) is 11.6 Å². The minimum absolute atomic E-state index is 0.172. The van der Waals surface area contributed by atoms with E-state index in [0.29, 0.717) is 6.61 Å². The fourth-order valence-corrected chi connectivity index (χ4v) is 2.19. The topological polar surface area (TPSA) is 32.7 Å². The van der Waals surface area contributed by atoms with Crippen molar-refractivity contribution in [3.63, 3.8) is 0 Å². The number of methoxy groups -OCH3 is 1. The van der Waals surface area contributed by atoms with Crippen LogP contribution in [0.25, 0.3) is 0 Å². The number of aliphatic hydroxyl groups excluding tert-OH is 1. The number of aliphatic hydroxyl groups is 1. The third-order valence-corrected chi connectivity index (χ3v) is 2.75. The van der Waals surface area contributed by atoms with Crippen molar-refractivity contribution in [3.8, 4) is 0 Å². The van der Waals surface area contributed by atoms with Crippen molar-refractivity contribution < 1.29 is 9.84 Å². The molecule has 0 aliphatic carbocycles. The van der Waals surface area contributed by atoms with Gasteiger partial charge in [0.05, 0.1) is 18.8 Å². The molecule has 2 aliphatic rings. The standard InChI is InChI=1S/C9H15NO2/c1-12-6-7-2-4-10-5-3-8(11)9(7)10/h2,8-9,11H,3-6H2,1H3/t8-,9-/m0/s1. The van der Waals surface area contributed by atoms with Crippen molar-refractivity contribution in [2.45, 2.75) is 18.6 Å². The summed E-state index contributed by atoms with van der Waals surface area (Å²) in [4.78, 5) is 2.30. The van der Waals surface area contributed by atoms with Crippen LogP contribution < -0.4 is 0 Å². The Labute approximate surface area is 72.6 Å². The SMILES string of the molecule is COCC1=CCN2CC[C@H](O)[C@H]12. The van der Waals surface area contributed by atoms with Crippen molar-refractivity contribution >= 4 is 0 Å². The van der Waals surface area contributed by atoms with Crippen LogP contribution in [0.3, 0.4) is 0 Å². The van der Waals surface area contributed by atoms with Gasteiger partial charge in [-0.3, -0.25) is 4.90 Å². The Morgan fingerprint density at radius 2 is 2.58 bits per heavy atom. The van der Waals surface area contributed by atoms with Gasteiger partial charge in [0.25, 0.3) is 0 Å². The van der Waals surface area contributed by atoms with E-state index in [-0.39, 0.29) is 12.1 Å². The first-order chi connectivity index (χ1) is 5.83. The lowest BCUT2D eigenvalue weighted by atomic mass is 10.1. The second-order valence-corrected chi connectivity index (χ2v) is 3.51. The predicted octanol–water partition coefficient (Wildman–Crippen LogP) is 0.00800. The highest BCUT2D eigenvalue weighted by Gasteiger charge is 2.37. The largest absolute Gasteiger partial charge is 0.391 e. The third kappa shape index (κ3) is 1.18. The van der Waals surface area contributed by atoms with E-state index in [1.165, 1.54) is 5.57 Å². The highest BCUT2D eigenvalue weighted by molar-refractivity contribution is 5.23. The number of hydrogen-bond acceptors (Lipinski definition) is 3. The highest BCUT2D eigenvalue weighted by atomic mass is 16.5. The van der Waals surface area contributed by atoms with E-state index in [1.54, 1.807) is 7.11 Å². The molecule has 0 saturated carbocycles. The van der Waals surface area contributed by atoms with Gasteiger partial charge >= 0.3 is 0 Å². The molecule has 0 aromatic heterocycles. The molecule has 0 aromatic rings. The first kappa shape index (κ1) is 8.23. The minimum atomic E-state index is -0.172. The molecule has 2 aliphatic heterocycles. The van der Waals surface area contributed by atoms with Crippen molar-refractivity contribution in [1.29, 1.82) is 0 Å². The molecule has 2 atom stereocenters. The van der Waals surface area contributed by atoms with Gasteiger partial charge in [-0.15, -0.1) is 0 Å². The lowest BCUT2D eigenvalue weighted by Crippen LogP contribution is -2.32. The molecule has 0 unspecified atom stereocenters. The van der Waals surface area contributed by atoms with Gasteiger partial charge in [-0.25, -0.2) is 0 Å². The molecule has 1 N–H and O–H groups in total. The molecule has 3 heteroatoms. The molecule has 0 spiro atoms. The monoisotopic (exact) mass is 169 g/mol. The van der Waals surface area contributed by atoms with Gasteiger partial charge in [0.2, 0.25) is 0 Å². The second-order valence-electron chi connectivity index (χ2n) is 3.51. The van der Waals surface area contributed by atoms with Gasteiger partial charge in [-0.1, -0.05) is 6.08 Å². The van der Waals surface area contributed by atoms with Gasteiger partial charge in [0.1, 0.15) is 0 Å². The number of rotatable bonds is 2. The lowest BCUT2D eigenvalue weighted by Gasteiger charge is -2.20. The van der Waals surface area contributed by atoms with Crippen LogP contribution in [0.1, 0.15) is 6.42 Å². The van der Waals surface area contributed by atoms with Crippen LogP contribution >= 0.6 is 0 Å². The molecule has 2 heterocycles. The summed E-state index contributed by atoms with van der Waals surface area (Å²) < 4.78 is 5.08. The Balaban J connectivity index is 2.06. The Kier molecular flexibility index (Phi) is 2.17. The van der Waals surface area contributed by atoms with E-state index in [1.807, 2.05) is 0 Å². The van der Waals surface area contributed by atoms with E-state index in [4.69, 9.17) is 4.74 Å². The zero-order valence-corrected chi connectivity index (χ0v) is 7.36. The van der Waals surface area contributed by atoms with Gasteiger partial charge in [0.15, 0.2) is 0 Å². The van der Waals surface area contributed by atoms with Gasteiger partial charge in [0, 0.05) is 20.2 Å². The molecule has 0 radical (unpaired) electrons. The maximum absolute atomic E-state index is 9.66. The Morgan fingerprint density at radius 1 is 1.75 bits per heavy atom. The van der Waals surface area contributed by atoms with Crippen LogP contribution in [-0.2, 0) is 4.74 Å². The molecular formula is C9H15NO2. The van der Waals surface area contributed by atoms with Crippen molar-refractivity contribution in [2.75, 3.05) is 26.8 Å². The van der Waals surface area contributed by atoms with E-state index in [0.717, 1.165) is 19.5 Å². The second kappa shape index (κ2) is 3.17. The van der Waals surface area contributed by atoms with Gasteiger partial charge in [-0.05, 0) is 12.0 Å². The van der Waals surface area contributed by atoms with Crippen molar-refractivity contribution in [2.24, 2.45) is 0 Å². The fourth-order valence-electron chi connectivity index (χ4n) is 2.19. The Bertz CT molecular complexity index is 203. The lowest BCUT2D eigenvalue weighted by molar-refractivity contribution is 0.133. The summed E-state index contributed by atoms with van der Waals surface area (Å²) in [6.07, 6.45) is 2.91. The molecule has 1 fully saturated rings. The van der Waals surface area contributed by atoms with E-state index in [2.05, 4.69) is 11.0 Å². The summed E-state index contributed by atoms with van der Waals surface area (Å²) in [5.74, 6) is 0. The maximum Gasteiger partial charge on any atom is 0.0746 e. The Morgan fingerprint density at radius 3 is 3.33 bits per heavy atom. The average Bonchev–Trinajstić information content (AvgIpc) is 2.58. The number of nitrogens with zero attached hydrogens (tertiary/aromatic N) is 1. The smallest absolute Gasteiger partial charge is 0.0746 e. The predicted molar refractivity (Wildman–Crippen MR) is 45.9 cm³/mol. The summed E-state index contributed by atoms with van der Waals surface area (Å²) in [6.45, 7) is 2.67. The molecule has 1 saturated heterocycles. The van der Waals surface area contributed by atoms with E-state index < -0.39 is 0 Å². The number of hydrogen-bond donors (Lipinski definition) is 1. The molecular weight excluding hydrogens is 154 g/mol. The molecule has 68 valence electrons. The maximum atomic E-state index is 9.66. The molecule has 2 rings (SSSR count). The van der Waals surface area contributed by atoms with E-state index >= 15 is 0 Å². The van der Waals surface area contributed by atoms with Crippen molar-refractivity contribution in [1.82, 2.24) is 4.90 Å². The fraction of sp³-hybridized carbons (Fsp3) is 0.778. The van der Waals surface area contributed by atoms with Crippen LogP contribution in [0, 0.1) is 0 Å². The molecule has 0 bridgehead atoms. The number of fused-ring (bicyclic) bond motifs is 1. The first-order valence-electron chi connectivity index (χ1n) is 4.43. The summed E-state index contributed by atoms with van der Waals surface area (Å²) in [5.41, 5.74) is 1.25. The zero-order chi connectivity index (χ0) is 8.55. The third-order valence-electron chi connectivity index (χ3n) is 2.75.